The van der Waals surface area contributed by atoms with Crippen molar-refractivity contribution in [2.75, 3.05) is 19.0 Å². The number of hydrogen-bond donors (Lipinski definition) is 2. The molecule has 0 bridgehead atoms. The van der Waals surface area contributed by atoms with Crippen LogP contribution >= 0.6 is 0 Å². The van der Waals surface area contributed by atoms with E-state index >= 15 is 0 Å². The third kappa shape index (κ3) is 4.33. The van der Waals surface area contributed by atoms with Gasteiger partial charge in [-0.3, -0.25) is 4.79 Å². The van der Waals surface area contributed by atoms with Crippen molar-refractivity contribution in [2.24, 2.45) is 0 Å². The maximum absolute atomic E-state index is 12.4. The number of hydrogen-bond acceptors (Lipinski definition) is 3. The van der Waals surface area contributed by atoms with Crippen molar-refractivity contribution in [3.8, 4) is 0 Å². The van der Waals surface area contributed by atoms with E-state index in [4.69, 9.17) is 4.74 Å². The van der Waals surface area contributed by atoms with Gasteiger partial charge in [0.05, 0.1) is 18.4 Å². The molecule has 0 aromatic heterocycles. The third-order valence-electron chi connectivity index (χ3n) is 4.58. The highest BCUT2D eigenvalue weighted by Crippen LogP contribution is 2.22. The predicted octanol–water partition coefficient (Wildman–Crippen LogP) is 2.89. The summed E-state index contributed by atoms with van der Waals surface area (Å²) in [5.74, 6) is -0.641. The molecule has 5 heteroatoms. The Kier molecular flexibility index (Phi) is 5.84. The second-order valence-electron chi connectivity index (χ2n) is 6.38. The molecule has 0 fully saturated rings. The van der Waals surface area contributed by atoms with Crippen molar-refractivity contribution in [1.29, 1.82) is 0 Å². The fourth-order valence-electron chi connectivity index (χ4n) is 3.14. The van der Waals surface area contributed by atoms with Crippen LogP contribution in [0, 0.1) is 0 Å². The molecule has 3 rings (SSSR count). The van der Waals surface area contributed by atoms with E-state index < -0.39 is 5.97 Å². The molecule has 0 saturated carbocycles. The largest absolute Gasteiger partial charge is 0.465 e. The second-order valence-corrected chi connectivity index (χ2v) is 6.38. The number of rotatable bonds is 6. The fraction of sp³-hybridized carbons (Fsp3) is 0.182. The smallest absolute Gasteiger partial charge is 0.339 e. The molecule has 0 heterocycles. The molecular weight excluding hydrogens is 340 g/mol. The maximum atomic E-state index is 12.4. The van der Waals surface area contributed by atoms with Crippen LogP contribution in [-0.4, -0.2) is 25.5 Å². The van der Waals surface area contributed by atoms with Crippen LogP contribution in [0.3, 0.4) is 0 Å². The molecule has 138 valence electrons. The number of esters is 1. The van der Waals surface area contributed by atoms with Crippen molar-refractivity contribution >= 4 is 28.3 Å². The zero-order valence-corrected chi connectivity index (χ0v) is 15.4. The Balaban J connectivity index is 1.67. The molecule has 0 aliphatic carbocycles. The number of amides is 1. The Labute approximate surface area is 158 Å². The average Bonchev–Trinajstić information content (AvgIpc) is 2.71. The Hall–Kier alpha value is -3.18. The Morgan fingerprint density at radius 1 is 1.00 bits per heavy atom. The van der Waals surface area contributed by atoms with Crippen LogP contribution in [0.2, 0.25) is 0 Å². The Morgan fingerprint density at radius 3 is 2.52 bits per heavy atom. The van der Waals surface area contributed by atoms with Gasteiger partial charge in [0, 0.05) is 5.56 Å². The quantitative estimate of drug-likeness (QED) is 0.662. The summed E-state index contributed by atoms with van der Waals surface area (Å²) in [6.07, 6.45) is 0. The lowest BCUT2D eigenvalue weighted by Gasteiger charge is -2.14. The van der Waals surface area contributed by atoms with Crippen molar-refractivity contribution in [3.05, 3.63) is 77.9 Å². The number of carbonyl (C=O) groups excluding carboxylic acids is 2. The molecule has 3 aromatic rings. The van der Waals surface area contributed by atoms with E-state index in [0.717, 1.165) is 0 Å². The zero-order valence-electron chi connectivity index (χ0n) is 15.4. The normalized spacial score (nSPS) is 11.8. The summed E-state index contributed by atoms with van der Waals surface area (Å²) in [5, 5.41) is 7.16. The molecule has 0 aliphatic rings. The number of methoxy groups -OCH3 is 1. The van der Waals surface area contributed by atoms with Gasteiger partial charge >= 0.3 is 5.97 Å². The van der Waals surface area contributed by atoms with E-state index in [-0.39, 0.29) is 18.5 Å². The average molecular weight is 363 g/mol. The highest BCUT2D eigenvalue weighted by atomic mass is 16.5. The van der Waals surface area contributed by atoms with Crippen LogP contribution < -0.4 is 10.6 Å². The van der Waals surface area contributed by atoms with Crippen LogP contribution in [-0.2, 0) is 9.53 Å². The van der Waals surface area contributed by atoms with E-state index in [1.54, 1.807) is 24.3 Å². The van der Waals surface area contributed by atoms with Crippen LogP contribution in [0.15, 0.2) is 66.7 Å². The van der Waals surface area contributed by atoms with Gasteiger partial charge in [-0.1, -0.05) is 54.6 Å². The predicted molar refractivity (Wildman–Crippen MR) is 106 cm³/mol. The van der Waals surface area contributed by atoms with Gasteiger partial charge in [0.1, 0.15) is 6.04 Å². The number of anilines is 1. The van der Waals surface area contributed by atoms with E-state index in [1.165, 1.54) is 23.4 Å². The van der Waals surface area contributed by atoms with Crippen molar-refractivity contribution < 1.29 is 19.6 Å². The summed E-state index contributed by atoms with van der Waals surface area (Å²) < 4.78 is 4.76. The summed E-state index contributed by atoms with van der Waals surface area (Å²) in [7, 11) is 1.32. The molecular formula is C22H23N2O3+. The molecule has 0 saturated heterocycles. The lowest BCUT2D eigenvalue weighted by atomic mass is 10.00. The standard InChI is InChI=1S/C22H22N2O3/c1-15(17-12-7-9-16-8-3-4-10-18(16)17)23-14-21(25)24-20-13-6-5-11-19(20)22(26)27-2/h3-13,15,23H,14H2,1-2H3,(H,24,25)/p+1/t15-/m1/s1. The van der Waals surface area contributed by atoms with Crippen molar-refractivity contribution in [3.63, 3.8) is 0 Å². The van der Waals surface area contributed by atoms with Crippen LogP contribution in [0.5, 0.6) is 0 Å². The SMILES string of the molecule is COC(=O)c1ccccc1NC(=O)C[NH2+][C@H](C)c1cccc2ccccc12. The molecule has 0 spiro atoms. The summed E-state index contributed by atoms with van der Waals surface area (Å²) >= 11 is 0. The first-order valence-corrected chi connectivity index (χ1v) is 8.88. The number of nitrogens with two attached hydrogens (primary N) is 1. The minimum absolute atomic E-state index is 0.123. The summed E-state index contributed by atoms with van der Waals surface area (Å²) in [5.41, 5.74) is 1.99. The molecule has 5 nitrogen and oxygen atoms in total. The van der Waals surface area contributed by atoms with Crippen molar-refractivity contribution in [2.45, 2.75) is 13.0 Å². The highest BCUT2D eigenvalue weighted by Gasteiger charge is 2.16. The van der Waals surface area contributed by atoms with Crippen LogP contribution in [0.25, 0.3) is 10.8 Å². The number of carbonyl (C=O) groups is 2. The van der Waals surface area contributed by atoms with Gasteiger partial charge in [-0.2, -0.15) is 0 Å². The van der Waals surface area contributed by atoms with E-state index in [9.17, 15) is 9.59 Å². The first kappa shape index (κ1) is 18.6. The Morgan fingerprint density at radius 2 is 1.70 bits per heavy atom. The minimum Gasteiger partial charge on any atom is -0.465 e. The van der Waals surface area contributed by atoms with E-state index in [1.807, 2.05) is 23.5 Å². The fourth-order valence-corrected chi connectivity index (χ4v) is 3.14. The molecule has 1 atom stereocenters. The first-order chi connectivity index (χ1) is 13.1. The zero-order chi connectivity index (χ0) is 19.2. The number of para-hydroxylation sites is 1. The number of quaternary nitrogens is 1. The van der Waals surface area contributed by atoms with Gasteiger partial charge in [0.15, 0.2) is 6.54 Å². The van der Waals surface area contributed by atoms with Crippen LogP contribution in [0.4, 0.5) is 5.69 Å². The Bertz CT molecular complexity index is 963. The molecule has 27 heavy (non-hydrogen) atoms. The lowest BCUT2D eigenvalue weighted by Crippen LogP contribution is -2.86. The van der Waals surface area contributed by atoms with Gasteiger partial charge in [0.2, 0.25) is 0 Å². The van der Waals surface area contributed by atoms with Gasteiger partial charge in [0.25, 0.3) is 5.91 Å². The molecule has 0 unspecified atom stereocenters. The third-order valence-corrected chi connectivity index (χ3v) is 4.58. The summed E-state index contributed by atoms with van der Waals surface area (Å²) in [6, 6.07) is 21.4. The maximum Gasteiger partial charge on any atom is 0.339 e. The number of ether oxygens (including phenoxy) is 1. The number of fused-ring (bicyclic) bond motifs is 1. The molecule has 0 radical (unpaired) electrons. The second kappa shape index (κ2) is 8.47. The topological polar surface area (TPSA) is 72.0 Å². The molecule has 0 aliphatic heterocycles. The van der Waals surface area contributed by atoms with Gasteiger partial charge in [-0.25, -0.2) is 4.79 Å². The highest BCUT2D eigenvalue weighted by molar-refractivity contribution is 6.01. The summed E-state index contributed by atoms with van der Waals surface area (Å²) in [4.78, 5) is 24.2. The minimum atomic E-state index is -0.473. The lowest BCUT2D eigenvalue weighted by molar-refractivity contribution is -0.682. The van der Waals surface area contributed by atoms with Crippen LogP contribution in [0.1, 0.15) is 28.9 Å². The van der Waals surface area contributed by atoms with Gasteiger partial charge in [-0.15, -0.1) is 0 Å². The molecule has 1 amide bonds. The molecule has 3 aromatic carbocycles. The van der Waals surface area contributed by atoms with Gasteiger partial charge < -0.3 is 15.4 Å². The first-order valence-electron chi connectivity index (χ1n) is 8.88. The van der Waals surface area contributed by atoms with E-state index in [2.05, 4.69) is 36.5 Å². The number of nitrogens with one attached hydrogen (secondary N) is 1. The van der Waals surface area contributed by atoms with Crippen molar-refractivity contribution in [1.82, 2.24) is 0 Å². The molecule has 3 N–H and O–H groups in total. The monoisotopic (exact) mass is 363 g/mol. The van der Waals surface area contributed by atoms with Gasteiger partial charge in [-0.05, 0) is 29.8 Å². The number of benzene rings is 3. The van der Waals surface area contributed by atoms with E-state index in [0.29, 0.717) is 11.3 Å². The summed E-state index contributed by atoms with van der Waals surface area (Å²) in [6.45, 7) is 2.33.